The van der Waals surface area contributed by atoms with Crippen LogP contribution in [-0.4, -0.2) is 56.2 Å². The summed E-state index contributed by atoms with van der Waals surface area (Å²) in [7, 11) is 1.40. The van der Waals surface area contributed by atoms with Crippen LogP contribution < -0.4 is 5.56 Å². The van der Waals surface area contributed by atoms with E-state index in [1.807, 2.05) is 5.92 Å². The summed E-state index contributed by atoms with van der Waals surface area (Å²) in [5, 5.41) is 10.1. The van der Waals surface area contributed by atoms with E-state index in [9.17, 15) is 9.90 Å². The SMILES string of the molecule is C#C[C@@]1(F)[C@H](O)[C@@H](COC)O[C@H]1n1cnc2c(=O)[nH]cnc21. The number of ether oxygens (including phenoxy) is 2. The van der Waals surface area contributed by atoms with Crippen molar-refractivity contribution in [3.05, 3.63) is 23.0 Å². The van der Waals surface area contributed by atoms with Crippen LogP contribution in [0.3, 0.4) is 0 Å². The van der Waals surface area contributed by atoms with E-state index in [2.05, 4.69) is 15.0 Å². The number of hydrogen-bond donors (Lipinski definition) is 2. The highest BCUT2D eigenvalue weighted by Gasteiger charge is 2.57. The molecule has 4 atom stereocenters. The highest BCUT2D eigenvalue weighted by atomic mass is 19.1. The van der Waals surface area contributed by atoms with Crippen molar-refractivity contribution in [2.24, 2.45) is 0 Å². The Morgan fingerprint density at radius 1 is 1.68 bits per heavy atom. The molecule has 3 heterocycles. The zero-order valence-electron chi connectivity index (χ0n) is 11.6. The summed E-state index contributed by atoms with van der Waals surface area (Å²) < 4.78 is 26.6. The number of alkyl halides is 1. The van der Waals surface area contributed by atoms with Gasteiger partial charge in [0.25, 0.3) is 5.56 Å². The molecule has 0 spiro atoms. The Morgan fingerprint density at radius 2 is 2.45 bits per heavy atom. The Balaban J connectivity index is 2.11. The molecule has 1 aliphatic heterocycles. The van der Waals surface area contributed by atoms with Gasteiger partial charge in [-0.3, -0.25) is 9.36 Å². The molecule has 22 heavy (non-hydrogen) atoms. The molecule has 1 fully saturated rings. The van der Waals surface area contributed by atoms with Crippen LogP contribution in [0.5, 0.6) is 0 Å². The highest BCUT2D eigenvalue weighted by molar-refractivity contribution is 5.69. The van der Waals surface area contributed by atoms with Crippen molar-refractivity contribution < 1.29 is 19.0 Å². The average Bonchev–Trinajstić information content (AvgIpc) is 3.04. The normalized spacial score (nSPS) is 31.5. The molecule has 116 valence electrons. The van der Waals surface area contributed by atoms with E-state index in [0.717, 1.165) is 6.33 Å². The first kappa shape index (κ1) is 14.6. The predicted molar refractivity (Wildman–Crippen MR) is 72.6 cm³/mol. The number of aromatic nitrogens is 4. The van der Waals surface area contributed by atoms with E-state index >= 15 is 4.39 Å². The molecule has 2 aromatic heterocycles. The summed E-state index contributed by atoms with van der Waals surface area (Å²) in [5.74, 6) is 1.94. The van der Waals surface area contributed by atoms with E-state index in [1.165, 1.54) is 18.0 Å². The molecule has 3 rings (SSSR count). The van der Waals surface area contributed by atoms with Crippen LogP contribution in [0.1, 0.15) is 6.23 Å². The molecular weight excluding hydrogens is 295 g/mol. The Morgan fingerprint density at radius 3 is 3.14 bits per heavy atom. The van der Waals surface area contributed by atoms with Gasteiger partial charge in [0.05, 0.1) is 19.3 Å². The molecule has 0 amide bonds. The lowest BCUT2D eigenvalue weighted by Gasteiger charge is -2.23. The molecule has 2 N–H and O–H groups in total. The van der Waals surface area contributed by atoms with Gasteiger partial charge in [0.2, 0.25) is 5.67 Å². The first-order valence-corrected chi connectivity index (χ1v) is 6.42. The molecular formula is C13H13FN4O4. The first-order chi connectivity index (χ1) is 10.5. The van der Waals surface area contributed by atoms with E-state index in [-0.39, 0.29) is 17.8 Å². The number of halogens is 1. The Hall–Kier alpha value is -2.28. The molecule has 0 radical (unpaired) electrons. The van der Waals surface area contributed by atoms with E-state index in [1.54, 1.807) is 0 Å². The standard InChI is InChI=1S/C13H13FN4O4/c1-3-13(14)9(19)7(4-21-2)22-12(13)18-6-17-8-10(18)15-5-16-11(8)20/h1,5-7,9,12,19H,4H2,2H3,(H,15,16,20)/t7-,9-,12-,13-/m1/s1. The lowest BCUT2D eigenvalue weighted by Crippen LogP contribution is -2.42. The number of nitrogens with one attached hydrogen (secondary N) is 1. The maximum absolute atomic E-state index is 15.0. The second-order valence-electron chi connectivity index (χ2n) is 4.90. The largest absolute Gasteiger partial charge is 0.386 e. The van der Waals surface area contributed by atoms with Crippen LogP contribution in [0.2, 0.25) is 0 Å². The van der Waals surface area contributed by atoms with Gasteiger partial charge in [0.1, 0.15) is 12.2 Å². The Bertz CT molecular complexity index is 797. The molecule has 0 aliphatic carbocycles. The predicted octanol–water partition coefficient (Wildman–Crippen LogP) is -0.634. The van der Waals surface area contributed by atoms with Crippen molar-refractivity contribution in [1.29, 1.82) is 0 Å². The summed E-state index contributed by atoms with van der Waals surface area (Å²) in [6, 6.07) is 0. The lowest BCUT2D eigenvalue weighted by molar-refractivity contribution is -0.0575. The van der Waals surface area contributed by atoms with Crippen LogP contribution in [0.25, 0.3) is 11.2 Å². The number of terminal acetylenes is 1. The summed E-state index contributed by atoms with van der Waals surface area (Å²) in [6.07, 6.45) is 3.72. The molecule has 2 aromatic rings. The van der Waals surface area contributed by atoms with Crippen LogP contribution >= 0.6 is 0 Å². The summed E-state index contributed by atoms with van der Waals surface area (Å²) >= 11 is 0. The fourth-order valence-electron chi connectivity index (χ4n) is 2.51. The molecule has 9 heteroatoms. The summed E-state index contributed by atoms with van der Waals surface area (Å²) in [6.45, 7) is -0.0361. The topological polar surface area (TPSA) is 102 Å². The van der Waals surface area contributed by atoms with Crippen molar-refractivity contribution in [1.82, 2.24) is 19.5 Å². The maximum Gasteiger partial charge on any atom is 0.278 e. The molecule has 1 saturated heterocycles. The van der Waals surface area contributed by atoms with Crippen molar-refractivity contribution in [3.8, 4) is 12.3 Å². The molecule has 0 saturated carbocycles. The second kappa shape index (κ2) is 5.17. The minimum absolute atomic E-state index is 0.0233. The third-order valence-corrected chi connectivity index (χ3v) is 3.62. The van der Waals surface area contributed by atoms with Crippen molar-refractivity contribution in [3.63, 3.8) is 0 Å². The van der Waals surface area contributed by atoms with Crippen molar-refractivity contribution >= 4 is 11.2 Å². The number of imidazole rings is 1. The zero-order chi connectivity index (χ0) is 15.9. The van der Waals surface area contributed by atoms with Gasteiger partial charge in [-0.2, -0.15) is 0 Å². The number of aliphatic hydroxyl groups is 1. The van der Waals surface area contributed by atoms with Gasteiger partial charge < -0.3 is 19.6 Å². The minimum Gasteiger partial charge on any atom is -0.386 e. The molecule has 0 aromatic carbocycles. The quantitative estimate of drug-likeness (QED) is 0.732. The third kappa shape index (κ3) is 1.93. The highest BCUT2D eigenvalue weighted by Crippen LogP contribution is 2.42. The van der Waals surface area contributed by atoms with Gasteiger partial charge >= 0.3 is 0 Å². The third-order valence-electron chi connectivity index (χ3n) is 3.62. The van der Waals surface area contributed by atoms with Crippen LogP contribution in [0, 0.1) is 12.3 Å². The second-order valence-corrected chi connectivity index (χ2v) is 4.90. The van der Waals surface area contributed by atoms with Gasteiger partial charge in [-0.15, -0.1) is 6.42 Å². The number of rotatable bonds is 3. The van der Waals surface area contributed by atoms with Crippen LogP contribution in [0.4, 0.5) is 4.39 Å². The van der Waals surface area contributed by atoms with Crippen LogP contribution in [-0.2, 0) is 9.47 Å². The smallest absolute Gasteiger partial charge is 0.278 e. The fourth-order valence-corrected chi connectivity index (χ4v) is 2.51. The minimum atomic E-state index is -2.50. The number of hydrogen-bond acceptors (Lipinski definition) is 6. The lowest BCUT2D eigenvalue weighted by atomic mass is 9.97. The van der Waals surface area contributed by atoms with Gasteiger partial charge in [-0.25, -0.2) is 14.4 Å². The monoisotopic (exact) mass is 308 g/mol. The van der Waals surface area contributed by atoms with E-state index in [4.69, 9.17) is 15.9 Å². The van der Waals surface area contributed by atoms with Gasteiger partial charge in [0.15, 0.2) is 17.4 Å². The first-order valence-electron chi connectivity index (χ1n) is 6.42. The number of aliphatic hydroxyl groups excluding tert-OH is 1. The zero-order valence-corrected chi connectivity index (χ0v) is 11.6. The van der Waals surface area contributed by atoms with E-state index < -0.39 is 29.7 Å². The molecule has 0 bridgehead atoms. The number of methoxy groups -OCH3 is 1. The summed E-state index contributed by atoms with van der Waals surface area (Å²) in [4.78, 5) is 21.9. The van der Waals surface area contributed by atoms with Gasteiger partial charge in [-0.05, 0) is 0 Å². The number of aromatic amines is 1. The van der Waals surface area contributed by atoms with Crippen molar-refractivity contribution in [2.45, 2.75) is 24.1 Å². The Kier molecular flexibility index (Phi) is 3.44. The molecule has 8 nitrogen and oxygen atoms in total. The number of H-pyrrole nitrogens is 1. The van der Waals surface area contributed by atoms with Crippen LogP contribution in [0.15, 0.2) is 17.4 Å². The molecule has 1 aliphatic rings. The van der Waals surface area contributed by atoms with Gasteiger partial charge in [-0.1, -0.05) is 5.92 Å². The Labute approximate surface area is 123 Å². The number of fused-ring (bicyclic) bond motifs is 1. The maximum atomic E-state index is 15.0. The van der Waals surface area contributed by atoms with E-state index in [0.29, 0.717) is 0 Å². The average molecular weight is 308 g/mol. The van der Waals surface area contributed by atoms with Gasteiger partial charge in [0, 0.05) is 7.11 Å². The fraction of sp³-hybridized carbons (Fsp3) is 0.462. The summed E-state index contributed by atoms with van der Waals surface area (Å²) in [5.41, 5.74) is -2.84. The van der Waals surface area contributed by atoms with Crippen molar-refractivity contribution in [2.75, 3.05) is 13.7 Å². The number of nitrogens with zero attached hydrogens (tertiary/aromatic N) is 3. The molecule has 0 unspecified atom stereocenters.